The summed E-state index contributed by atoms with van der Waals surface area (Å²) >= 11 is 0. The first-order chi connectivity index (χ1) is 39.5. The highest BCUT2D eigenvalue weighted by molar-refractivity contribution is 5.72. The van der Waals surface area contributed by atoms with E-state index in [4.69, 9.17) is 0 Å². The molecule has 0 amide bonds. The van der Waals surface area contributed by atoms with Crippen LogP contribution in [0.15, 0.2) is 206 Å². The number of rotatable bonds is 10. The van der Waals surface area contributed by atoms with Crippen molar-refractivity contribution in [2.45, 2.75) is 139 Å². The third-order valence-corrected chi connectivity index (χ3v) is 16.6. The number of anilines is 8. The summed E-state index contributed by atoms with van der Waals surface area (Å²) in [5, 5.41) is 0. The molecule has 0 radical (unpaired) electrons. The lowest BCUT2D eigenvalue weighted by atomic mass is 9.84. The topological polar surface area (TPSA) is 13.0 Å². The van der Waals surface area contributed by atoms with Crippen molar-refractivity contribution in [1.82, 2.24) is 0 Å². The van der Waals surface area contributed by atoms with E-state index in [1.54, 1.807) is 0 Å². The molecule has 0 unspecified atom stereocenters. The first-order valence-electron chi connectivity index (χ1n) is 30.2. The summed E-state index contributed by atoms with van der Waals surface area (Å²) in [6.45, 7) is 28.5. The van der Waals surface area contributed by atoms with Gasteiger partial charge in [0.15, 0.2) is 0 Å². The molecule has 0 heterocycles. The normalized spacial score (nSPS) is 12.3. The van der Waals surface area contributed by atoms with E-state index < -0.39 is 0 Å². The monoisotopic (exact) mass is 1100 g/mol. The van der Waals surface area contributed by atoms with Crippen molar-refractivity contribution in [2.75, 3.05) is 47.8 Å². The zero-order valence-corrected chi connectivity index (χ0v) is 53.5. The van der Waals surface area contributed by atoms with Crippen LogP contribution in [0.2, 0.25) is 0 Å². The highest BCUT2D eigenvalue weighted by Crippen LogP contribution is 2.36. The van der Waals surface area contributed by atoms with Gasteiger partial charge >= 0.3 is 0 Å². The zero-order chi connectivity index (χ0) is 60.0. The van der Waals surface area contributed by atoms with Crippen molar-refractivity contribution in [3.05, 3.63) is 262 Å². The molecule has 1 fully saturated rings. The average molecular weight is 1100 g/mol. The van der Waals surface area contributed by atoms with Gasteiger partial charge in [-0.3, -0.25) is 0 Å². The predicted octanol–water partition coefficient (Wildman–Crippen LogP) is 22.3. The van der Waals surface area contributed by atoms with Gasteiger partial charge in [-0.1, -0.05) is 194 Å². The SMILES string of the molecule is Cc1ccc(C)c(N(C)c2ccc(-c3ccccc3)cc2)c1.Cc1ccc(C)c(N(C)c2ccc(C(C)(C)C)cc2)c1.Cc1ccc(C)c(N(C)c2ccc(C3CCCCC3)cc2)c1.Cc1ccc(N(C)c2ccc(C(C)(C)C)cc2)cc1. The summed E-state index contributed by atoms with van der Waals surface area (Å²) in [4.78, 5) is 9.02. The Balaban J connectivity index is 0.000000159. The first kappa shape index (κ1) is 62.8. The molecular weight excluding hydrogens is 1000 g/mol. The van der Waals surface area contributed by atoms with Crippen LogP contribution >= 0.6 is 0 Å². The van der Waals surface area contributed by atoms with Crippen molar-refractivity contribution in [1.29, 1.82) is 0 Å². The molecule has 9 aromatic carbocycles. The van der Waals surface area contributed by atoms with Gasteiger partial charge in [0, 0.05) is 73.7 Å². The Hall–Kier alpha value is -7.82. The summed E-state index contributed by atoms with van der Waals surface area (Å²) in [5.74, 6) is 0.786. The Labute approximate surface area is 502 Å². The minimum Gasteiger partial charge on any atom is -0.345 e. The molecule has 10 rings (SSSR count). The second-order valence-corrected chi connectivity index (χ2v) is 25.4. The Morgan fingerprint density at radius 1 is 0.301 bits per heavy atom. The third-order valence-electron chi connectivity index (χ3n) is 16.6. The van der Waals surface area contributed by atoms with Gasteiger partial charge in [0.25, 0.3) is 0 Å². The Kier molecular flexibility index (Phi) is 21.5. The second-order valence-electron chi connectivity index (χ2n) is 25.4. The van der Waals surface area contributed by atoms with Crippen LogP contribution in [-0.2, 0) is 10.8 Å². The van der Waals surface area contributed by atoms with Gasteiger partial charge in [-0.2, -0.15) is 0 Å². The van der Waals surface area contributed by atoms with Crippen molar-refractivity contribution in [3.63, 3.8) is 0 Å². The fourth-order valence-electron chi connectivity index (χ4n) is 10.9. The molecule has 0 aliphatic heterocycles. The van der Waals surface area contributed by atoms with Crippen LogP contribution in [-0.4, -0.2) is 28.2 Å². The first-order valence-corrected chi connectivity index (χ1v) is 30.2. The van der Waals surface area contributed by atoms with Crippen molar-refractivity contribution in [3.8, 4) is 11.1 Å². The summed E-state index contributed by atoms with van der Waals surface area (Å²) in [6.07, 6.45) is 6.95. The van der Waals surface area contributed by atoms with Crippen LogP contribution in [0, 0.1) is 48.5 Å². The summed E-state index contributed by atoms with van der Waals surface area (Å²) in [5.41, 5.74) is 26.2. The van der Waals surface area contributed by atoms with E-state index in [1.807, 2.05) is 6.07 Å². The van der Waals surface area contributed by atoms with Crippen LogP contribution in [0.3, 0.4) is 0 Å². The molecule has 1 aliphatic carbocycles. The van der Waals surface area contributed by atoms with Crippen LogP contribution in [0.1, 0.15) is 135 Å². The lowest BCUT2D eigenvalue weighted by Crippen LogP contribution is -2.13. The molecular formula is C79H96N4. The molecule has 1 aliphatic rings. The van der Waals surface area contributed by atoms with Crippen LogP contribution < -0.4 is 19.6 Å². The molecule has 0 N–H and O–H groups in total. The lowest BCUT2D eigenvalue weighted by Gasteiger charge is -2.25. The molecule has 4 heteroatoms. The molecule has 1 saturated carbocycles. The number of benzene rings is 9. The van der Waals surface area contributed by atoms with Crippen LogP contribution in [0.4, 0.5) is 45.5 Å². The lowest BCUT2D eigenvalue weighted by molar-refractivity contribution is 0.443. The smallest absolute Gasteiger partial charge is 0.0440 e. The molecule has 432 valence electrons. The van der Waals surface area contributed by atoms with Crippen molar-refractivity contribution >= 4 is 45.5 Å². The van der Waals surface area contributed by atoms with E-state index in [0.29, 0.717) is 0 Å². The molecule has 0 saturated heterocycles. The zero-order valence-electron chi connectivity index (χ0n) is 53.5. The van der Waals surface area contributed by atoms with E-state index in [9.17, 15) is 0 Å². The van der Waals surface area contributed by atoms with Gasteiger partial charge < -0.3 is 19.6 Å². The van der Waals surface area contributed by atoms with Gasteiger partial charge in [0.1, 0.15) is 0 Å². The molecule has 0 aromatic heterocycles. The molecule has 0 bridgehead atoms. The summed E-state index contributed by atoms with van der Waals surface area (Å²) in [6, 6.07) is 74.6. The Morgan fingerprint density at radius 2 is 0.602 bits per heavy atom. The van der Waals surface area contributed by atoms with Crippen LogP contribution in [0.5, 0.6) is 0 Å². The predicted molar refractivity (Wildman–Crippen MR) is 366 cm³/mol. The summed E-state index contributed by atoms with van der Waals surface area (Å²) in [7, 11) is 8.53. The number of hydrogen-bond donors (Lipinski definition) is 0. The number of aryl methyl sites for hydroxylation is 7. The fraction of sp³-hybridized carbons (Fsp3) is 0.316. The molecule has 9 aromatic rings. The number of nitrogens with zero attached hydrogens (tertiary/aromatic N) is 4. The maximum atomic E-state index is 2.34. The highest BCUT2D eigenvalue weighted by Gasteiger charge is 2.18. The van der Waals surface area contributed by atoms with E-state index >= 15 is 0 Å². The van der Waals surface area contributed by atoms with Crippen LogP contribution in [0.25, 0.3) is 11.1 Å². The van der Waals surface area contributed by atoms with Crippen molar-refractivity contribution < 1.29 is 0 Å². The van der Waals surface area contributed by atoms with Gasteiger partial charge in [-0.15, -0.1) is 0 Å². The van der Waals surface area contributed by atoms with Gasteiger partial charge in [-0.25, -0.2) is 0 Å². The molecule has 4 nitrogen and oxygen atoms in total. The fourth-order valence-corrected chi connectivity index (χ4v) is 10.9. The maximum absolute atomic E-state index is 2.34. The van der Waals surface area contributed by atoms with Crippen molar-refractivity contribution in [2.24, 2.45) is 0 Å². The van der Waals surface area contributed by atoms with Gasteiger partial charge in [0.2, 0.25) is 0 Å². The standard InChI is InChI=1S/C21H27N.C21H21N.C19H25N.C18H23N/c2*1-16-9-10-17(2)21(15-16)22(3)20-13-11-19(12-14-20)18-7-5-4-6-8-18;1-14-7-8-15(2)18(13-14)20(6)17-11-9-16(10-12-17)19(3,4)5;1-14-6-10-16(11-7-14)19(5)17-12-8-15(9-13-17)18(2,3)4/h9-15,18H,4-8H2,1-3H3;4-15H,1-3H3;7-13H,1-6H3;6-13H,1-5H3. The minimum atomic E-state index is 0.205. The maximum Gasteiger partial charge on any atom is 0.0440 e. The highest BCUT2D eigenvalue weighted by atomic mass is 15.1. The molecule has 0 spiro atoms. The van der Waals surface area contributed by atoms with E-state index in [-0.39, 0.29) is 10.8 Å². The Bertz CT molecular complexity index is 3430. The largest absolute Gasteiger partial charge is 0.345 e. The van der Waals surface area contributed by atoms with E-state index in [2.05, 4.69) is 338 Å². The third kappa shape index (κ3) is 17.4. The average Bonchev–Trinajstić information content (AvgIpc) is 3.70. The van der Waals surface area contributed by atoms with Gasteiger partial charge in [-0.05, 0) is 218 Å². The Morgan fingerprint density at radius 3 is 0.964 bits per heavy atom. The second kappa shape index (κ2) is 28.4. The molecule has 0 atom stereocenters. The van der Waals surface area contributed by atoms with E-state index in [1.165, 1.54) is 144 Å². The quantitative estimate of drug-likeness (QED) is 0.135. The van der Waals surface area contributed by atoms with Gasteiger partial charge in [0.05, 0.1) is 0 Å². The number of hydrogen-bond acceptors (Lipinski definition) is 4. The van der Waals surface area contributed by atoms with E-state index in [0.717, 1.165) is 5.92 Å². The molecule has 83 heavy (non-hydrogen) atoms. The summed E-state index contributed by atoms with van der Waals surface area (Å²) < 4.78 is 0. The minimum absolute atomic E-state index is 0.205.